The lowest BCUT2D eigenvalue weighted by atomic mass is 10.2. The zero-order valence-corrected chi connectivity index (χ0v) is 7.41. The molecule has 1 rings (SSSR count). The normalized spacial score (nSPS) is 11.1. The van der Waals surface area contributed by atoms with Crippen molar-refractivity contribution in [3.05, 3.63) is 29.6 Å². The van der Waals surface area contributed by atoms with Gasteiger partial charge in [0.25, 0.3) is 0 Å². The van der Waals surface area contributed by atoms with E-state index in [1.165, 1.54) is 6.07 Å². The van der Waals surface area contributed by atoms with Crippen LogP contribution in [0.4, 0.5) is 18.0 Å². The second-order valence-electron chi connectivity index (χ2n) is 2.66. The van der Waals surface area contributed by atoms with E-state index in [9.17, 15) is 18.0 Å². The van der Waals surface area contributed by atoms with Crippen LogP contribution < -0.4 is 5.73 Å². The zero-order valence-electron chi connectivity index (χ0n) is 7.41. The number of hydrogen-bond donors (Lipinski definition) is 1. The highest BCUT2D eigenvalue weighted by atomic mass is 19.4. The summed E-state index contributed by atoms with van der Waals surface area (Å²) in [6.45, 7) is -0.194. The number of amides is 1. The molecule has 1 amide bonds. The Morgan fingerprint density at radius 2 is 2.13 bits per heavy atom. The molecule has 2 N–H and O–H groups in total. The summed E-state index contributed by atoms with van der Waals surface area (Å²) >= 11 is 0. The topological polar surface area (TPSA) is 65.2 Å². The molecule has 82 valence electrons. The highest BCUT2D eigenvalue weighted by Gasteiger charge is 2.31. The van der Waals surface area contributed by atoms with Crippen LogP contribution in [0, 0.1) is 0 Å². The molecule has 1 aromatic heterocycles. The third kappa shape index (κ3) is 3.45. The van der Waals surface area contributed by atoms with Crippen molar-refractivity contribution in [2.24, 2.45) is 5.73 Å². The molecule has 0 aliphatic carbocycles. The molecule has 0 saturated carbocycles. The van der Waals surface area contributed by atoms with Gasteiger partial charge < -0.3 is 10.5 Å². The van der Waals surface area contributed by atoms with Crippen LogP contribution in [-0.4, -0.2) is 11.1 Å². The lowest BCUT2D eigenvalue weighted by Crippen LogP contribution is -2.13. The third-order valence-corrected chi connectivity index (χ3v) is 1.50. The first-order chi connectivity index (χ1) is 6.89. The van der Waals surface area contributed by atoms with Crippen molar-refractivity contribution in [2.75, 3.05) is 0 Å². The van der Waals surface area contributed by atoms with Gasteiger partial charge in [0, 0.05) is 11.8 Å². The minimum Gasteiger partial charge on any atom is -0.445 e. The average molecular weight is 220 g/mol. The van der Waals surface area contributed by atoms with Gasteiger partial charge in [0.1, 0.15) is 12.3 Å². The van der Waals surface area contributed by atoms with Gasteiger partial charge in [-0.25, -0.2) is 4.79 Å². The Kier molecular flexibility index (Phi) is 3.13. The Morgan fingerprint density at radius 1 is 1.47 bits per heavy atom. The summed E-state index contributed by atoms with van der Waals surface area (Å²) in [6.07, 6.45) is -4.48. The fourth-order valence-electron chi connectivity index (χ4n) is 0.832. The maximum atomic E-state index is 12.1. The van der Waals surface area contributed by atoms with Gasteiger partial charge in [-0.3, -0.25) is 4.98 Å². The van der Waals surface area contributed by atoms with Gasteiger partial charge in [0.15, 0.2) is 0 Å². The number of ether oxygens (including phenoxy) is 1. The first-order valence-electron chi connectivity index (χ1n) is 3.84. The van der Waals surface area contributed by atoms with Crippen LogP contribution in [0.2, 0.25) is 0 Å². The van der Waals surface area contributed by atoms with Crippen LogP contribution >= 0.6 is 0 Å². The van der Waals surface area contributed by atoms with Gasteiger partial charge in [-0.05, 0) is 6.07 Å². The van der Waals surface area contributed by atoms with Crippen molar-refractivity contribution in [3.8, 4) is 0 Å². The molecule has 0 aromatic carbocycles. The van der Waals surface area contributed by atoms with E-state index >= 15 is 0 Å². The highest BCUT2D eigenvalue weighted by Crippen LogP contribution is 2.27. The van der Waals surface area contributed by atoms with Crippen LogP contribution in [0.25, 0.3) is 0 Å². The monoisotopic (exact) mass is 220 g/mol. The molecule has 0 fully saturated rings. The standard InChI is InChI=1S/C8H7F3N2O2/c9-8(10,11)6-2-1-5(3-13-6)4-15-7(12)14/h1-3H,4H2,(H2,12,14). The quantitative estimate of drug-likeness (QED) is 0.824. The number of primary amides is 1. The molecule has 0 radical (unpaired) electrons. The van der Waals surface area contributed by atoms with Crippen molar-refractivity contribution in [2.45, 2.75) is 12.8 Å². The first kappa shape index (κ1) is 11.3. The minimum atomic E-state index is -4.47. The Balaban J connectivity index is 2.69. The molecule has 0 aliphatic rings. The molecule has 1 heterocycles. The minimum absolute atomic E-state index is 0.194. The van der Waals surface area contributed by atoms with Crippen molar-refractivity contribution in [1.82, 2.24) is 4.98 Å². The number of alkyl halides is 3. The smallest absolute Gasteiger partial charge is 0.433 e. The molecule has 0 saturated heterocycles. The van der Waals surface area contributed by atoms with Gasteiger partial charge in [0.2, 0.25) is 0 Å². The summed E-state index contributed by atoms with van der Waals surface area (Å²) < 4.78 is 40.6. The summed E-state index contributed by atoms with van der Waals surface area (Å²) in [5.74, 6) is 0. The number of carbonyl (C=O) groups excluding carboxylic acids is 1. The SMILES string of the molecule is NC(=O)OCc1ccc(C(F)(F)F)nc1. The molecule has 0 aliphatic heterocycles. The molecule has 4 nitrogen and oxygen atoms in total. The number of halogens is 3. The van der Waals surface area contributed by atoms with Gasteiger partial charge in [-0.2, -0.15) is 13.2 Å². The average Bonchev–Trinajstić information content (AvgIpc) is 2.14. The first-order valence-corrected chi connectivity index (χ1v) is 3.84. The fraction of sp³-hybridized carbons (Fsp3) is 0.250. The van der Waals surface area contributed by atoms with Gasteiger partial charge >= 0.3 is 12.3 Å². The van der Waals surface area contributed by atoms with Crippen molar-refractivity contribution in [3.63, 3.8) is 0 Å². The van der Waals surface area contributed by atoms with E-state index in [0.29, 0.717) is 5.56 Å². The Hall–Kier alpha value is -1.79. The third-order valence-electron chi connectivity index (χ3n) is 1.50. The van der Waals surface area contributed by atoms with Gasteiger partial charge in [0.05, 0.1) is 0 Å². The molecule has 1 aromatic rings. The van der Waals surface area contributed by atoms with E-state index in [1.807, 2.05) is 0 Å². The second kappa shape index (κ2) is 4.16. The van der Waals surface area contributed by atoms with E-state index in [1.54, 1.807) is 0 Å². The molecule has 0 bridgehead atoms. The molecule has 0 atom stereocenters. The summed E-state index contributed by atoms with van der Waals surface area (Å²) in [7, 11) is 0. The lowest BCUT2D eigenvalue weighted by molar-refractivity contribution is -0.141. The maximum absolute atomic E-state index is 12.1. The Labute approximate surface area is 82.9 Å². The van der Waals surface area contributed by atoms with E-state index in [-0.39, 0.29) is 6.61 Å². The molecule has 0 spiro atoms. The van der Waals surface area contributed by atoms with Gasteiger partial charge in [-0.15, -0.1) is 0 Å². The molecule has 7 heteroatoms. The number of pyridine rings is 1. The number of aromatic nitrogens is 1. The Morgan fingerprint density at radius 3 is 2.53 bits per heavy atom. The van der Waals surface area contributed by atoms with Crippen LogP contribution in [0.5, 0.6) is 0 Å². The van der Waals surface area contributed by atoms with Crippen molar-refractivity contribution >= 4 is 6.09 Å². The number of nitrogens with zero attached hydrogens (tertiary/aromatic N) is 1. The van der Waals surface area contributed by atoms with Crippen LogP contribution in [0.1, 0.15) is 11.3 Å². The van der Waals surface area contributed by atoms with Crippen molar-refractivity contribution in [1.29, 1.82) is 0 Å². The number of hydrogen-bond acceptors (Lipinski definition) is 3. The predicted molar refractivity (Wildman–Crippen MR) is 43.6 cm³/mol. The Bertz CT molecular complexity index is 348. The predicted octanol–water partition coefficient (Wildman–Crippen LogP) is 1.70. The molecular weight excluding hydrogens is 213 g/mol. The molecular formula is C8H7F3N2O2. The van der Waals surface area contributed by atoms with Crippen LogP contribution in [0.15, 0.2) is 18.3 Å². The number of carbonyl (C=O) groups is 1. The zero-order chi connectivity index (χ0) is 11.5. The summed E-state index contributed by atoms with van der Waals surface area (Å²) in [4.78, 5) is 13.4. The summed E-state index contributed by atoms with van der Waals surface area (Å²) in [5.41, 5.74) is 4.02. The largest absolute Gasteiger partial charge is 0.445 e. The van der Waals surface area contributed by atoms with Crippen LogP contribution in [-0.2, 0) is 17.5 Å². The van der Waals surface area contributed by atoms with E-state index in [0.717, 1.165) is 12.3 Å². The number of rotatable bonds is 2. The summed E-state index contributed by atoms with van der Waals surface area (Å²) in [6, 6.07) is 1.97. The highest BCUT2D eigenvalue weighted by molar-refractivity contribution is 5.64. The maximum Gasteiger partial charge on any atom is 0.433 e. The van der Waals surface area contributed by atoms with Gasteiger partial charge in [-0.1, -0.05) is 6.07 Å². The second-order valence-corrected chi connectivity index (χ2v) is 2.66. The lowest BCUT2D eigenvalue weighted by Gasteiger charge is -2.06. The van der Waals surface area contributed by atoms with Crippen LogP contribution in [0.3, 0.4) is 0 Å². The number of nitrogens with two attached hydrogens (primary N) is 1. The molecule has 15 heavy (non-hydrogen) atoms. The van der Waals surface area contributed by atoms with E-state index in [4.69, 9.17) is 0 Å². The fourth-order valence-corrected chi connectivity index (χ4v) is 0.832. The van der Waals surface area contributed by atoms with E-state index < -0.39 is 18.0 Å². The van der Waals surface area contributed by atoms with Crippen molar-refractivity contribution < 1.29 is 22.7 Å². The summed E-state index contributed by atoms with van der Waals surface area (Å²) in [5, 5.41) is 0. The van der Waals surface area contributed by atoms with E-state index in [2.05, 4.69) is 15.5 Å². The molecule has 0 unspecified atom stereocenters.